The first-order valence-electron chi connectivity index (χ1n) is 6.73. The lowest BCUT2D eigenvalue weighted by Crippen LogP contribution is -2.24. The zero-order valence-electron chi connectivity index (χ0n) is 11.1. The second-order valence-corrected chi connectivity index (χ2v) is 5.47. The molecule has 3 nitrogen and oxygen atoms in total. The maximum absolute atomic E-state index is 11.0. The fourth-order valence-corrected chi connectivity index (χ4v) is 2.98. The lowest BCUT2D eigenvalue weighted by molar-refractivity contribution is -0.143. The van der Waals surface area contributed by atoms with Crippen LogP contribution < -0.4 is 0 Å². The van der Waals surface area contributed by atoms with Gasteiger partial charge in [-0.1, -0.05) is 6.92 Å². The fourth-order valence-electron chi connectivity index (χ4n) is 2.98. The molecular formula is C15H21NO2. The molecule has 0 aliphatic heterocycles. The Morgan fingerprint density at radius 2 is 2.06 bits per heavy atom. The van der Waals surface area contributed by atoms with Crippen molar-refractivity contribution in [3.05, 3.63) is 29.6 Å². The van der Waals surface area contributed by atoms with Gasteiger partial charge < -0.3 is 5.11 Å². The molecular weight excluding hydrogens is 226 g/mol. The monoisotopic (exact) mass is 247 g/mol. The van der Waals surface area contributed by atoms with Crippen LogP contribution >= 0.6 is 0 Å². The number of pyridine rings is 1. The number of nitrogens with zero attached hydrogens (tertiary/aromatic N) is 1. The van der Waals surface area contributed by atoms with E-state index in [0.717, 1.165) is 31.4 Å². The van der Waals surface area contributed by atoms with E-state index in [9.17, 15) is 4.79 Å². The van der Waals surface area contributed by atoms with Crippen LogP contribution in [0.25, 0.3) is 0 Å². The highest BCUT2D eigenvalue weighted by Crippen LogP contribution is 2.38. The third-order valence-electron chi connectivity index (χ3n) is 4.26. The molecule has 0 bridgehead atoms. The van der Waals surface area contributed by atoms with Gasteiger partial charge in [0.25, 0.3) is 0 Å². The van der Waals surface area contributed by atoms with Crippen molar-refractivity contribution >= 4 is 5.97 Å². The number of aryl methyl sites for hydroxylation is 1. The molecule has 0 unspecified atom stereocenters. The molecule has 1 aliphatic rings. The van der Waals surface area contributed by atoms with Gasteiger partial charge in [-0.15, -0.1) is 0 Å². The van der Waals surface area contributed by atoms with Crippen LogP contribution in [0.15, 0.2) is 18.3 Å². The molecule has 1 atom stereocenters. The third-order valence-corrected chi connectivity index (χ3v) is 4.26. The van der Waals surface area contributed by atoms with Crippen molar-refractivity contribution in [1.29, 1.82) is 0 Å². The molecule has 2 rings (SSSR count). The van der Waals surface area contributed by atoms with E-state index in [2.05, 4.69) is 17.1 Å². The quantitative estimate of drug-likeness (QED) is 0.890. The molecule has 0 radical (unpaired) electrons. The second-order valence-electron chi connectivity index (χ2n) is 5.47. The Labute approximate surface area is 108 Å². The number of aliphatic carboxylic acids is 1. The van der Waals surface area contributed by atoms with E-state index in [0.29, 0.717) is 11.8 Å². The zero-order chi connectivity index (χ0) is 13.1. The van der Waals surface area contributed by atoms with Gasteiger partial charge in [-0.25, -0.2) is 0 Å². The van der Waals surface area contributed by atoms with Gasteiger partial charge in [0, 0.05) is 11.9 Å². The molecule has 0 saturated heterocycles. The lowest BCUT2D eigenvalue weighted by atomic mass is 9.74. The van der Waals surface area contributed by atoms with Crippen LogP contribution in [0.3, 0.4) is 0 Å². The van der Waals surface area contributed by atoms with Gasteiger partial charge in [-0.2, -0.15) is 0 Å². The number of hydrogen-bond donors (Lipinski definition) is 1. The van der Waals surface area contributed by atoms with Crippen LogP contribution in [0.4, 0.5) is 0 Å². The summed E-state index contributed by atoms with van der Waals surface area (Å²) in [5, 5.41) is 9.05. The van der Waals surface area contributed by atoms with Crippen molar-refractivity contribution in [3.8, 4) is 0 Å². The number of rotatable bonds is 3. The van der Waals surface area contributed by atoms with Gasteiger partial charge in [0.1, 0.15) is 0 Å². The van der Waals surface area contributed by atoms with E-state index < -0.39 is 5.97 Å². The summed E-state index contributed by atoms with van der Waals surface area (Å²) in [5.41, 5.74) is 2.43. The Balaban J connectivity index is 1.96. The Hall–Kier alpha value is -1.38. The van der Waals surface area contributed by atoms with Gasteiger partial charge in [0.15, 0.2) is 0 Å². The van der Waals surface area contributed by atoms with Crippen molar-refractivity contribution in [2.24, 2.45) is 11.8 Å². The summed E-state index contributed by atoms with van der Waals surface area (Å²) in [6, 6.07) is 4.25. The van der Waals surface area contributed by atoms with Gasteiger partial charge in [0.2, 0.25) is 0 Å². The molecule has 0 spiro atoms. The highest BCUT2D eigenvalue weighted by molar-refractivity contribution is 5.69. The van der Waals surface area contributed by atoms with Gasteiger partial charge in [-0.3, -0.25) is 9.78 Å². The summed E-state index contributed by atoms with van der Waals surface area (Å²) in [6.45, 7) is 3.85. The molecule has 98 valence electrons. The number of hydrogen-bond acceptors (Lipinski definition) is 2. The van der Waals surface area contributed by atoms with Crippen LogP contribution in [-0.4, -0.2) is 16.1 Å². The minimum Gasteiger partial charge on any atom is -0.481 e. The summed E-state index contributed by atoms with van der Waals surface area (Å²) in [5.74, 6) is 0.0777. The predicted molar refractivity (Wildman–Crippen MR) is 70.5 cm³/mol. The fraction of sp³-hybridized carbons (Fsp3) is 0.600. The number of carbonyl (C=O) groups is 1. The SMILES string of the molecule is Cc1cc([C@H]2CC[C@@H]([C@@H](C)C(=O)O)CC2)ccn1. The summed E-state index contributed by atoms with van der Waals surface area (Å²) in [7, 11) is 0. The number of carboxylic acids is 1. The van der Waals surface area contributed by atoms with E-state index in [1.807, 2.05) is 20.0 Å². The second kappa shape index (κ2) is 5.51. The van der Waals surface area contributed by atoms with Crippen molar-refractivity contribution in [2.75, 3.05) is 0 Å². The summed E-state index contributed by atoms with van der Waals surface area (Å²) < 4.78 is 0. The highest BCUT2D eigenvalue weighted by atomic mass is 16.4. The Bertz CT molecular complexity index is 422. The third kappa shape index (κ3) is 2.89. The first-order valence-corrected chi connectivity index (χ1v) is 6.73. The highest BCUT2D eigenvalue weighted by Gasteiger charge is 2.29. The van der Waals surface area contributed by atoms with Gasteiger partial charge >= 0.3 is 5.97 Å². The summed E-state index contributed by atoms with van der Waals surface area (Å²) in [6.07, 6.45) is 6.13. The molecule has 0 aromatic carbocycles. The van der Waals surface area contributed by atoms with Crippen LogP contribution in [0.2, 0.25) is 0 Å². The Kier molecular flexibility index (Phi) is 4.00. The molecule has 1 aliphatic carbocycles. The van der Waals surface area contributed by atoms with Crippen molar-refractivity contribution in [2.45, 2.75) is 45.4 Å². The minimum atomic E-state index is -0.654. The van der Waals surface area contributed by atoms with Crippen molar-refractivity contribution < 1.29 is 9.90 Å². The molecule has 1 saturated carbocycles. The average molecular weight is 247 g/mol. The molecule has 18 heavy (non-hydrogen) atoms. The number of carboxylic acid groups (broad SMARTS) is 1. The van der Waals surface area contributed by atoms with Crippen LogP contribution in [0, 0.1) is 18.8 Å². The van der Waals surface area contributed by atoms with Crippen LogP contribution in [0.1, 0.15) is 49.8 Å². The average Bonchev–Trinajstić information content (AvgIpc) is 2.38. The van der Waals surface area contributed by atoms with Crippen molar-refractivity contribution in [1.82, 2.24) is 4.98 Å². The van der Waals surface area contributed by atoms with Gasteiger partial charge in [0.05, 0.1) is 5.92 Å². The Morgan fingerprint density at radius 3 is 2.61 bits per heavy atom. The van der Waals surface area contributed by atoms with Crippen LogP contribution in [0.5, 0.6) is 0 Å². The lowest BCUT2D eigenvalue weighted by Gasteiger charge is -2.30. The predicted octanol–water partition coefficient (Wildman–Crippen LogP) is 3.38. The molecule has 0 amide bonds. The van der Waals surface area contributed by atoms with E-state index in [1.165, 1.54) is 5.56 Å². The first kappa shape index (κ1) is 13.1. The maximum atomic E-state index is 11.0. The van der Waals surface area contributed by atoms with Crippen molar-refractivity contribution in [3.63, 3.8) is 0 Å². The molecule has 1 heterocycles. The Morgan fingerprint density at radius 1 is 1.39 bits per heavy atom. The van der Waals surface area contributed by atoms with E-state index >= 15 is 0 Å². The van der Waals surface area contributed by atoms with Gasteiger partial charge in [-0.05, 0) is 62.1 Å². The molecule has 1 fully saturated rings. The van der Waals surface area contributed by atoms with Crippen LogP contribution in [-0.2, 0) is 4.79 Å². The maximum Gasteiger partial charge on any atom is 0.306 e. The molecule has 1 aromatic heterocycles. The summed E-state index contributed by atoms with van der Waals surface area (Å²) >= 11 is 0. The minimum absolute atomic E-state index is 0.204. The largest absolute Gasteiger partial charge is 0.481 e. The first-order chi connectivity index (χ1) is 8.58. The normalized spacial score (nSPS) is 25.7. The zero-order valence-corrected chi connectivity index (χ0v) is 11.1. The van der Waals surface area contributed by atoms with E-state index in [1.54, 1.807) is 0 Å². The standard InChI is InChI=1S/C15H21NO2/c1-10-9-14(7-8-16-10)13-5-3-12(4-6-13)11(2)15(17)18/h7-9,11-13H,3-6H2,1-2H3,(H,17,18)/t11-,12-,13+/m1/s1. The van der Waals surface area contributed by atoms with E-state index in [-0.39, 0.29) is 5.92 Å². The van der Waals surface area contributed by atoms with E-state index in [4.69, 9.17) is 5.11 Å². The molecule has 1 N–H and O–H groups in total. The summed E-state index contributed by atoms with van der Waals surface area (Å²) in [4.78, 5) is 15.2. The smallest absolute Gasteiger partial charge is 0.306 e. The molecule has 1 aromatic rings. The molecule has 3 heteroatoms. The topological polar surface area (TPSA) is 50.2 Å². The number of aromatic nitrogens is 1.